The maximum Gasteiger partial charge on any atom is 0.390 e. The largest absolute Gasteiger partial charge is 0.480 e. The van der Waals surface area contributed by atoms with Crippen LogP contribution in [0.5, 0.6) is 0 Å². The monoisotopic (exact) mass is 225 g/mol. The third-order valence-electron chi connectivity index (χ3n) is 2.29. The minimum Gasteiger partial charge on any atom is -0.480 e. The van der Waals surface area contributed by atoms with Crippen LogP contribution in [0.2, 0.25) is 0 Å². The summed E-state index contributed by atoms with van der Waals surface area (Å²) in [6, 6.07) is 0. The molecule has 15 heavy (non-hydrogen) atoms. The molecule has 0 heterocycles. The normalized spacial score (nSPS) is 18.3. The van der Waals surface area contributed by atoms with Crippen molar-refractivity contribution < 1.29 is 27.9 Å². The molecule has 1 saturated carbocycles. The molecule has 0 bridgehead atoms. The van der Waals surface area contributed by atoms with Crippen molar-refractivity contribution in [2.24, 2.45) is 5.41 Å². The van der Waals surface area contributed by atoms with Gasteiger partial charge in [0.05, 0.1) is 6.42 Å². The first-order valence-electron chi connectivity index (χ1n) is 4.36. The van der Waals surface area contributed by atoms with Crippen molar-refractivity contribution in [2.75, 3.05) is 6.54 Å². The van der Waals surface area contributed by atoms with Crippen molar-refractivity contribution in [3.05, 3.63) is 0 Å². The maximum absolute atomic E-state index is 11.7. The molecule has 1 aliphatic rings. The lowest BCUT2D eigenvalue weighted by Gasteiger charge is -2.11. The Morgan fingerprint density at radius 3 is 2.20 bits per heavy atom. The molecule has 0 atom stereocenters. The Kier molecular flexibility index (Phi) is 2.92. The second-order valence-corrected chi connectivity index (χ2v) is 3.51. The first-order valence-corrected chi connectivity index (χ1v) is 4.36. The summed E-state index contributed by atoms with van der Waals surface area (Å²) >= 11 is 0. The van der Waals surface area contributed by atoms with Crippen LogP contribution in [0.15, 0.2) is 0 Å². The van der Waals surface area contributed by atoms with Gasteiger partial charge in [0, 0.05) is 6.54 Å². The van der Waals surface area contributed by atoms with E-state index in [1.807, 2.05) is 5.32 Å². The van der Waals surface area contributed by atoms with Crippen LogP contribution in [0.25, 0.3) is 0 Å². The van der Waals surface area contributed by atoms with Crippen LogP contribution in [0.1, 0.15) is 19.3 Å². The first-order chi connectivity index (χ1) is 6.78. The number of amides is 1. The van der Waals surface area contributed by atoms with Crippen LogP contribution < -0.4 is 5.32 Å². The number of alkyl halides is 3. The highest BCUT2D eigenvalue weighted by Gasteiger charge is 2.57. The average molecular weight is 225 g/mol. The molecule has 1 rings (SSSR count). The predicted molar refractivity (Wildman–Crippen MR) is 43.0 cm³/mol. The number of hydrogen-bond acceptors (Lipinski definition) is 2. The van der Waals surface area contributed by atoms with Crippen molar-refractivity contribution in [2.45, 2.75) is 25.4 Å². The van der Waals surface area contributed by atoms with Crippen LogP contribution in [-0.2, 0) is 9.59 Å². The van der Waals surface area contributed by atoms with E-state index >= 15 is 0 Å². The van der Waals surface area contributed by atoms with Crippen molar-refractivity contribution >= 4 is 11.9 Å². The van der Waals surface area contributed by atoms with Gasteiger partial charge in [-0.2, -0.15) is 13.2 Å². The standard InChI is InChI=1S/C8H10F3NO3/c9-8(10,11)3-4-12-5(13)7(1-2-7)6(14)15/h1-4H2,(H,12,13)(H,14,15). The molecule has 0 aromatic heterocycles. The van der Waals surface area contributed by atoms with Gasteiger partial charge in [0.15, 0.2) is 0 Å². The number of halogens is 3. The van der Waals surface area contributed by atoms with E-state index in [1.165, 1.54) is 0 Å². The third kappa shape index (κ3) is 2.84. The molecular weight excluding hydrogens is 215 g/mol. The fourth-order valence-electron chi connectivity index (χ4n) is 1.15. The van der Waals surface area contributed by atoms with E-state index in [9.17, 15) is 22.8 Å². The Labute approximate surface area is 83.5 Å². The lowest BCUT2D eigenvalue weighted by molar-refractivity contribution is -0.149. The highest BCUT2D eigenvalue weighted by atomic mass is 19.4. The average Bonchev–Trinajstić information content (AvgIpc) is 2.80. The van der Waals surface area contributed by atoms with Gasteiger partial charge in [-0.15, -0.1) is 0 Å². The number of aliphatic carboxylic acids is 1. The summed E-state index contributed by atoms with van der Waals surface area (Å²) in [5.74, 6) is -2.09. The second kappa shape index (κ2) is 3.71. The summed E-state index contributed by atoms with van der Waals surface area (Å²) in [6.07, 6.45) is -5.10. The first kappa shape index (κ1) is 11.8. The number of carboxylic acid groups (broad SMARTS) is 1. The third-order valence-corrected chi connectivity index (χ3v) is 2.29. The lowest BCUT2D eigenvalue weighted by atomic mass is 10.1. The summed E-state index contributed by atoms with van der Waals surface area (Å²) < 4.78 is 35.1. The van der Waals surface area contributed by atoms with Crippen LogP contribution in [0.4, 0.5) is 13.2 Å². The zero-order valence-corrected chi connectivity index (χ0v) is 7.73. The summed E-state index contributed by atoms with van der Waals surface area (Å²) in [5.41, 5.74) is -1.47. The summed E-state index contributed by atoms with van der Waals surface area (Å²) in [4.78, 5) is 21.8. The Morgan fingerprint density at radius 2 is 1.87 bits per heavy atom. The number of carbonyl (C=O) groups excluding carboxylic acids is 1. The zero-order valence-electron chi connectivity index (χ0n) is 7.73. The van der Waals surface area contributed by atoms with Gasteiger partial charge in [-0.1, -0.05) is 0 Å². The van der Waals surface area contributed by atoms with Crippen molar-refractivity contribution in [1.29, 1.82) is 0 Å². The fourth-order valence-corrected chi connectivity index (χ4v) is 1.15. The number of carbonyl (C=O) groups is 2. The van der Waals surface area contributed by atoms with Crippen molar-refractivity contribution in [3.8, 4) is 0 Å². The van der Waals surface area contributed by atoms with Gasteiger partial charge in [0.25, 0.3) is 0 Å². The highest BCUT2D eigenvalue weighted by molar-refractivity contribution is 6.04. The van der Waals surface area contributed by atoms with E-state index < -0.39 is 36.4 Å². The lowest BCUT2D eigenvalue weighted by Crippen LogP contribution is -2.38. The molecule has 7 heteroatoms. The minimum absolute atomic E-state index is 0.195. The predicted octanol–water partition coefficient (Wildman–Crippen LogP) is 0.920. The van der Waals surface area contributed by atoms with E-state index in [2.05, 4.69) is 0 Å². The van der Waals surface area contributed by atoms with Gasteiger partial charge in [-0.25, -0.2) is 0 Å². The van der Waals surface area contributed by atoms with Crippen LogP contribution in [0, 0.1) is 5.41 Å². The molecule has 0 aromatic carbocycles. The van der Waals surface area contributed by atoms with Crippen LogP contribution >= 0.6 is 0 Å². The number of rotatable bonds is 4. The quantitative estimate of drug-likeness (QED) is 0.699. The molecule has 0 unspecified atom stereocenters. The minimum atomic E-state index is -4.34. The second-order valence-electron chi connectivity index (χ2n) is 3.51. The van der Waals surface area contributed by atoms with E-state index in [-0.39, 0.29) is 12.8 Å². The van der Waals surface area contributed by atoms with Gasteiger partial charge in [-0.3, -0.25) is 9.59 Å². The van der Waals surface area contributed by atoms with Gasteiger partial charge in [0.1, 0.15) is 5.41 Å². The molecule has 0 aromatic rings. The Hall–Kier alpha value is -1.27. The molecule has 0 aliphatic heterocycles. The molecule has 1 amide bonds. The van der Waals surface area contributed by atoms with Gasteiger partial charge >= 0.3 is 12.1 Å². The van der Waals surface area contributed by atoms with E-state index in [0.717, 1.165) is 0 Å². The molecule has 0 radical (unpaired) electrons. The van der Waals surface area contributed by atoms with Gasteiger partial charge < -0.3 is 10.4 Å². The molecule has 1 aliphatic carbocycles. The van der Waals surface area contributed by atoms with E-state index in [1.54, 1.807) is 0 Å². The topological polar surface area (TPSA) is 66.4 Å². The van der Waals surface area contributed by atoms with Crippen molar-refractivity contribution in [3.63, 3.8) is 0 Å². The number of carboxylic acids is 1. The van der Waals surface area contributed by atoms with Crippen LogP contribution in [-0.4, -0.2) is 29.7 Å². The number of hydrogen-bond donors (Lipinski definition) is 2. The summed E-state index contributed by atoms with van der Waals surface area (Å²) in [5, 5.41) is 10.6. The number of nitrogens with one attached hydrogen (secondary N) is 1. The van der Waals surface area contributed by atoms with E-state index in [0.29, 0.717) is 0 Å². The molecular formula is C8H10F3NO3. The summed E-state index contributed by atoms with van der Waals surface area (Å²) in [7, 11) is 0. The molecule has 2 N–H and O–H groups in total. The molecule has 1 fully saturated rings. The zero-order chi connectivity index (χ0) is 11.7. The molecule has 4 nitrogen and oxygen atoms in total. The molecule has 0 saturated heterocycles. The maximum atomic E-state index is 11.7. The fraction of sp³-hybridized carbons (Fsp3) is 0.750. The Bertz CT molecular complexity index is 283. The molecule has 86 valence electrons. The SMILES string of the molecule is O=C(O)C1(C(=O)NCCC(F)(F)F)CC1. The van der Waals surface area contributed by atoms with Crippen LogP contribution in [0.3, 0.4) is 0 Å². The summed E-state index contributed by atoms with van der Waals surface area (Å²) in [6.45, 7) is -0.572. The Balaban J connectivity index is 2.35. The smallest absolute Gasteiger partial charge is 0.390 e. The van der Waals surface area contributed by atoms with E-state index in [4.69, 9.17) is 5.11 Å². The highest BCUT2D eigenvalue weighted by Crippen LogP contribution is 2.46. The molecule has 0 spiro atoms. The Morgan fingerprint density at radius 1 is 1.33 bits per heavy atom. The van der Waals surface area contributed by atoms with Crippen molar-refractivity contribution in [1.82, 2.24) is 5.32 Å². The van der Waals surface area contributed by atoms with Gasteiger partial charge in [0.2, 0.25) is 5.91 Å². The van der Waals surface area contributed by atoms with Gasteiger partial charge in [-0.05, 0) is 12.8 Å².